The molecule has 1 N–H and O–H groups in total. The van der Waals surface area contributed by atoms with E-state index < -0.39 is 11.7 Å². The molecule has 0 spiro atoms. The number of hydrogen-bond acceptors (Lipinski definition) is 2. The number of ketones is 1. The summed E-state index contributed by atoms with van der Waals surface area (Å²) < 4.78 is 0. The highest BCUT2D eigenvalue weighted by molar-refractivity contribution is 6.35. The highest BCUT2D eigenvalue weighted by Gasteiger charge is 2.08. The topological polar surface area (TPSA) is 46.2 Å². The smallest absolute Gasteiger partial charge is 0.287 e. The van der Waals surface area contributed by atoms with Crippen molar-refractivity contribution < 1.29 is 9.59 Å². The van der Waals surface area contributed by atoms with Gasteiger partial charge in [0.2, 0.25) is 5.78 Å². The van der Waals surface area contributed by atoms with Crippen molar-refractivity contribution in [2.24, 2.45) is 0 Å². The molecule has 0 heterocycles. The molecule has 0 saturated carbocycles. The molecule has 0 aromatic heterocycles. The summed E-state index contributed by atoms with van der Waals surface area (Å²) in [5.74, 6) is -0.987. The van der Waals surface area contributed by atoms with Crippen LogP contribution in [-0.2, 0) is 16.1 Å². The Bertz CT molecular complexity index is 436. The van der Waals surface area contributed by atoms with Crippen molar-refractivity contribution in [3.63, 3.8) is 0 Å². The second kappa shape index (κ2) is 4.92. The number of carbonyl (C=O) groups excluding carboxylic acids is 2. The molecular formula is C13H17NO2. The summed E-state index contributed by atoms with van der Waals surface area (Å²) in [7, 11) is 0. The average molecular weight is 219 g/mol. The van der Waals surface area contributed by atoms with E-state index in [2.05, 4.69) is 18.3 Å². The number of aryl methyl sites for hydroxylation is 3. The lowest BCUT2D eigenvalue weighted by atomic mass is 10.0. The largest absolute Gasteiger partial charge is 0.345 e. The van der Waals surface area contributed by atoms with Gasteiger partial charge in [-0.25, -0.2) is 0 Å². The fourth-order valence-corrected chi connectivity index (χ4v) is 1.51. The molecular weight excluding hydrogens is 202 g/mol. The summed E-state index contributed by atoms with van der Waals surface area (Å²) in [4.78, 5) is 21.9. The van der Waals surface area contributed by atoms with Crippen molar-refractivity contribution in [2.75, 3.05) is 0 Å². The predicted octanol–water partition coefficient (Wildman–Crippen LogP) is 1.82. The van der Waals surface area contributed by atoms with E-state index >= 15 is 0 Å². The van der Waals surface area contributed by atoms with Crippen LogP contribution in [-0.4, -0.2) is 11.7 Å². The Hall–Kier alpha value is -1.64. The van der Waals surface area contributed by atoms with Crippen molar-refractivity contribution >= 4 is 11.7 Å². The molecule has 1 amide bonds. The monoisotopic (exact) mass is 219 g/mol. The van der Waals surface area contributed by atoms with Gasteiger partial charge in [0.25, 0.3) is 5.91 Å². The maximum atomic E-state index is 11.1. The minimum Gasteiger partial charge on any atom is -0.345 e. The normalized spacial score (nSPS) is 10.0. The molecule has 0 saturated heterocycles. The third-order valence-electron chi connectivity index (χ3n) is 2.71. The molecule has 0 aliphatic carbocycles. The zero-order valence-corrected chi connectivity index (χ0v) is 10.2. The van der Waals surface area contributed by atoms with Gasteiger partial charge in [-0.3, -0.25) is 9.59 Å². The van der Waals surface area contributed by atoms with Gasteiger partial charge >= 0.3 is 0 Å². The summed E-state index contributed by atoms with van der Waals surface area (Å²) >= 11 is 0. The molecule has 0 fully saturated rings. The quantitative estimate of drug-likeness (QED) is 0.788. The number of Topliss-reactive ketones (excluding diaryl/α,β-unsaturated/α-hetero) is 1. The van der Waals surface area contributed by atoms with Gasteiger partial charge in [-0.15, -0.1) is 0 Å². The summed E-state index contributed by atoms with van der Waals surface area (Å²) in [5.41, 5.74) is 4.61. The van der Waals surface area contributed by atoms with Crippen molar-refractivity contribution in [1.29, 1.82) is 0 Å². The Morgan fingerprint density at radius 1 is 1.06 bits per heavy atom. The minimum absolute atomic E-state index is 0.408. The molecule has 0 unspecified atom stereocenters. The van der Waals surface area contributed by atoms with E-state index in [1.54, 1.807) is 0 Å². The standard InChI is InChI=1S/C13H17NO2/c1-8-5-10(3)12(6-9(8)2)7-14-13(16)11(4)15/h5-6H,7H2,1-4H3,(H,14,16). The zero-order chi connectivity index (χ0) is 12.3. The van der Waals surface area contributed by atoms with Crippen LogP contribution in [0.1, 0.15) is 29.2 Å². The van der Waals surface area contributed by atoms with Crippen LogP contribution in [0, 0.1) is 20.8 Å². The molecule has 3 heteroatoms. The molecule has 0 aliphatic rings. The Morgan fingerprint density at radius 2 is 1.62 bits per heavy atom. The van der Waals surface area contributed by atoms with Crippen LogP contribution in [0.3, 0.4) is 0 Å². The molecule has 0 radical (unpaired) electrons. The second-order valence-corrected chi connectivity index (χ2v) is 4.10. The van der Waals surface area contributed by atoms with Crippen LogP contribution in [0.5, 0.6) is 0 Å². The molecule has 1 rings (SSSR count). The first-order chi connectivity index (χ1) is 7.41. The Morgan fingerprint density at radius 3 is 2.19 bits per heavy atom. The molecule has 0 aliphatic heterocycles. The molecule has 0 atom stereocenters. The third-order valence-corrected chi connectivity index (χ3v) is 2.71. The first-order valence-electron chi connectivity index (χ1n) is 5.27. The van der Waals surface area contributed by atoms with Gasteiger partial charge in [0.15, 0.2) is 0 Å². The summed E-state index contributed by atoms with van der Waals surface area (Å²) in [5, 5.41) is 2.60. The van der Waals surface area contributed by atoms with E-state index in [-0.39, 0.29) is 0 Å². The lowest BCUT2D eigenvalue weighted by Crippen LogP contribution is -2.28. The number of benzene rings is 1. The summed E-state index contributed by atoms with van der Waals surface area (Å²) in [6.45, 7) is 7.76. The molecule has 1 aromatic carbocycles. The zero-order valence-electron chi connectivity index (χ0n) is 10.2. The van der Waals surface area contributed by atoms with Crippen LogP contribution in [0.2, 0.25) is 0 Å². The maximum Gasteiger partial charge on any atom is 0.287 e. The number of nitrogens with one attached hydrogen (secondary N) is 1. The number of carbonyl (C=O) groups is 2. The van der Waals surface area contributed by atoms with E-state index in [0.29, 0.717) is 6.54 Å². The average Bonchev–Trinajstić information content (AvgIpc) is 2.20. The fourth-order valence-electron chi connectivity index (χ4n) is 1.51. The third kappa shape index (κ3) is 2.92. The molecule has 16 heavy (non-hydrogen) atoms. The van der Waals surface area contributed by atoms with Crippen LogP contribution in [0.4, 0.5) is 0 Å². The molecule has 1 aromatic rings. The highest BCUT2D eigenvalue weighted by Crippen LogP contribution is 2.14. The van der Waals surface area contributed by atoms with Crippen molar-refractivity contribution in [3.8, 4) is 0 Å². The van der Waals surface area contributed by atoms with Gasteiger partial charge in [-0.2, -0.15) is 0 Å². The van der Waals surface area contributed by atoms with Crippen LogP contribution in [0.25, 0.3) is 0 Å². The van der Waals surface area contributed by atoms with Crippen LogP contribution >= 0.6 is 0 Å². The number of rotatable bonds is 3. The van der Waals surface area contributed by atoms with E-state index in [9.17, 15) is 9.59 Å². The first kappa shape index (κ1) is 12.4. The van der Waals surface area contributed by atoms with Crippen LogP contribution in [0.15, 0.2) is 12.1 Å². The Labute approximate surface area is 95.9 Å². The van der Waals surface area contributed by atoms with Crippen molar-refractivity contribution in [1.82, 2.24) is 5.32 Å². The Balaban J connectivity index is 2.78. The van der Waals surface area contributed by atoms with Gasteiger partial charge in [0.1, 0.15) is 0 Å². The predicted molar refractivity (Wildman–Crippen MR) is 63.2 cm³/mol. The van der Waals surface area contributed by atoms with Gasteiger partial charge in [0.05, 0.1) is 0 Å². The van der Waals surface area contributed by atoms with E-state index in [1.165, 1.54) is 18.1 Å². The lowest BCUT2D eigenvalue weighted by Gasteiger charge is -2.10. The lowest BCUT2D eigenvalue weighted by molar-refractivity contribution is -0.136. The molecule has 0 bridgehead atoms. The second-order valence-electron chi connectivity index (χ2n) is 4.10. The van der Waals surface area contributed by atoms with Crippen LogP contribution < -0.4 is 5.32 Å². The summed E-state index contributed by atoms with van der Waals surface area (Å²) in [6.07, 6.45) is 0. The fraction of sp³-hybridized carbons (Fsp3) is 0.385. The van der Waals surface area contributed by atoms with Crippen molar-refractivity contribution in [3.05, 3.63) is 34.4 Å². The minimum atomic E-state index is -0.530. The number of hydrogen-bond donors (Lipinski definition) is 1. The SMILES string of the molecule is CC(=O)C(=O)NCc1cc(C)c(C)cc1C. The van der Waals surface area contributed by atoms with Gasteiger partial charge < -0.3 is 5.32 Å². The maximum absolute atomic E-state index is 11.1. The van der Waals surface area contributed by atoms with Gasteiger partial charge in [-0.05, 0) is 43.0 Å². The number of amides is 1. The van der Waals surface area contributed by atoms with E-state index in [1.807, 2.05) is 19.9 Å². The van der Waals surface area contributed by atoms with Gasteiger partial charge in [0, 0.05) is 13.5 Å². The van der Waals surface area contributed by atoms with E-state index in [0.717, 1.165) is 11.1 Å². The highest BCUT2D eigenvalue weighted by atomic mass is 16.2. The van der Waals surface area contributed by atoms with E-state index in [4.69, 9.17) is 0 Å². The first-order valence-corrected chi connectivity index (χ1v) is 5.27. The molecule has 86 valence electrons. The Kier molecular flexibility index (Phi) is 3.82. The summed E-state index contributed by atoms with van der Waals surface area (Å²) in [6, 6.07) is 4.13. The van der Waals surface area contributed by atoms with Gasteiger partial charge in [-0.1, -0.05) is 12.1 Å². The van der Waals surface area contributed by atoms with Crippen molar-refractivity contribution in [2.45, 2.75) is 34.2 Å². The molecule has 3 nitrogen and oxygen atoms in total.